The number of allylic oxidation sites excluding steroid dienone is 4. The highest BCUT2D eigenvalue weighted by atomic mass is 31.2. The highest BCUT2D eigenvalue weighted by Crippen LogP contribution is 2.63. The van der Waals surface area contributed by atoms with Gasteiger partial charge in [-0.1, -0.05) is 25.5 Å². The second kappa shape index (κ2) is 6.92. The Kier molecular flexibility index (Phi) is 5.09. The van der Waals surface area contributed by atoms with E-state index in [4.69, 9.17) is 9.79 Å². The Labute approximate surface area is 175 Å². The first-order chi connectivity index (χ1) is 13.8. The summed E-state index contributed by atoms with van der Waals surface area (Å²) in [5.74, 6) is -0.726. The molecule has 0 aromatic rings. The lowest BCUT2D eigenvalue weighted by Crippen LogP contribution is -2.65. The molecule has 3 saturated carbocycles. The van der Waals surface area contributed by atoms with E-state index in [1.54, 1.807) is 19.1 Å². The van der Waals surface area contributed by atoms with E-state index in [9.17, 15) is 24.4 Å². The number of carbonyl (C=O) groups is 2. The zero-order valence-corrected chi connectivity index (χ0v) is 18.0. The van der Waals surface area contributed by atoms with Gasteiger partial charge in [0.1, 0.15) is 5.60 Å². The van der Waals surface area contributed by atoms with Crippen molar-refractivity contribution >= 4 is 19.4 Å². The molecule has 0 amide bonds. The molecule has 30 heavy (non-hydrogen) atoms. The molecule has 0 unspecified atom stereocenters. The van der Waals surface area contributed by atoms with Crippen LogP contribution in [-0.2, 0) is 18.7 Å². The molecule has 4 N–H and O–H groups in total. The fourth-order valence-electron chi connectivity index (χ4n) is 6.83. The first-order valence-electron chi connectivity index (χ1n) is 10.4. The molecular weight excluding hydrogens is 411 g/mol. The second-order valence-electron chi connectivity index (χ2n) is 9.88. The van der Waals surface area contributed by atoms with Crippen LogP contribution in [0.1, 0.15) is 46.0 Å². The Bertz CT molecular complexity index is 889. The summed E-state index contributed by atoms with van der Waals surface area (Å²) in [5, 5.41) is 22.1. The number of carbonyl (C=O) groups excluding carboxylic acids is 2. The molecule has 0 aliphatic heterocycles. The van der Waals surface area contributed by atoms with Crippen LogP contribution < -0.4 is 0 Å². The molecule has 4 rings (SSSR count). The molecule has 9 heteroatoms. The lowest BCUT2D eigenvalue weighted by Gasteiger charge is -2.61. The Balaban J connectivity index is 1.65. The van der Waals surface area contributed by atoms with Crippen LogP contribution in [0.3, 0.4) is 0 Å². The van der Waals surface area contributed by atoms with E-state index >= 15 is 0 Å². The standard InChI is InChI=1S/C21H29O8P/c1-19-7-5-13(22)9-12(19)3-4-14-15-6-8-21(25,11-29-30(26,27)28)18(24)20(15,2)10-16(23)17(14)19/h5,7,9,14-17,23,25H,3-4,6,8,10-11H2,1-2H3,(H2,26,27,28)/t14-,15-,16-,17+,19-,20-,21+/m0/s1. The summed E-state index contributed by atoms with van der Waals surface area (Å²) in [6.45, 7) is 3.02. The maximum atomic E-state index is 13.4. The Morgan fingerprint density at radius 3 is 2.60 bits per heavy atom. The molecule has 0 radical (unpaired) electrons. The first kappa shape index (κ1) is 22.1. The first-order valence-corrected chi connectivity index (χ1v) is 11.9. The summed E-state index contributed by atoms with van der Waals surface area (Å²) in [7, 11) is -4.83. The number of phosphoric ester groups is 1. The number of hydrogen-bond acceptors (Lipinski definition) is 6. The van der Waals surface area contributed by atoms with Crippen LogP contribution >= 0.6 is 7.82 Å². The Hall–Kier alpha value is -1.15. The van der Waals surface area contributed by atoms with Crippen LogP contribution in [0, 0.1) is 28.6 Å². The SMILES string of the molecule is C[C@]12C=CC(=O)C=C1CC[C@@H]1[C@@H]2[C@@H](O)C[C@]2(C)C(=O)[C@](O)(COP(=O)(O)O)CC[C@@H]12. The van der Waals surface area contributed by atoms with Gasteiger partial charge in [-0.25, -0.2) is 4.57 Å². The highest BCUT2D eigenvalue weighted by Gasteiger charge is 2.64. The minimum atomic E-state index is -4.83. The number of hydrogen-bond donors (Lipinski definition) is 4. The van der Waals surface area contributed by atoms with Crippen LogP contribution in [0.15, 0.2) is 23.8 Å². The quantitative estimate of drug-likeness (QED) is 0.486. The zero-order chi connectivity index (χ0) is 22.1. The van der Waals surface area contributed by atoms with Gasteiger partial charge in [-0.15, -0.1) is 0 Å². The van der Waals surface area contributed by atoms with Gasteiger partial charge in [0, 0.05) is 16.7 Å². The van der Waals surface area contributed by atoms with E-state index in [-0.39, 0.29) is 36.4 Å². The average molecular weight is 440 g/mol. The van der Waals surface area contributed by atoms with Crippen LogP contribution in [0.4, 0.5) is 0 Å². The van der Waals surface area contributed by atoms with Crippen LogP contribution in [0.5, 0.6) is 0 Å². The van der Waals surface area contributed by atoms with Gasteiger partial charge in [-0.3, -0.25) is 14.1 Å². The number of aliphatic hydroxyl groups is 2. The molecule has 0 saturated heterocycles. The Morgan fingerprint density at radius 2 is 1.93 bits per heavy atom. The predicted molar refractivity (Wildman–Crippen MR) is 106 cm³/mol. The molecule has 0 aromatic heterocycles. The lowest BCUT2D eigenvalue weighted by molar-refractivity contribution is -0.187. The van der Waals surface area contributed by atoms with Crippen LogP contribution in [-0.4, -0.2) is 49.9 Å². The number of phosphoric acid groups is 1. The molecular formula is C21H29O8P. The van der Waals surface area contributed by atoms with Crippen molar-refractivity contribution in [1.29, 1.82) is 0 Å². The van der Waals surface area contributed by atoms with Gasteiger partial charge in [-0.2, -0.15) is 0 Å². The van der Waals surface area contributed by atoms with Gasteiger partial charge < -0.3 is 20.0 Å². The van der Waals surface area contributed by atoms with Crippen molar-refractivity contribution in [2.24, 2.45) is 28.6 Å². The molecule has 0 bridgehead atoms. The van der Waals surface area contributed by atoms with Crippen molar-refractivity contribution in [2.45, 2.75) is 57.7 Å². The lowest BCUT2D eigenvalue weighted by atomic mass is 9.43. The molecule has 4 aliphatic rings. The normalized spacial score (nSPS) is 46.0. The topological polar surface area (TPSA) is 141 Å². The van der Waals surface area contributed by atoms with Crippen LogP contribution in [0.2, 0.25) is 0 Å². The van der Waals surface area contributed by atoms with Gasteiger partial charge in [0.2, 0.25) is 0 Å². The molecule has 4 aliphatic carbocycles. The number of fused-ring (bicyclic) bond motifs is 5. The van der Waals surface area contributed by atoms with Crippen molar-refractivity contribution in [2.75, 3.05) is 6.61 Å². The summed E-state index contributed by atoms with van der Waals surface area (Å²) in [6, 6.07) is 0. The summed E-state index contributed by atoms with van der Waals surface area (Å²) >= 11 is 0. The van der Waals surface area contributed by atoms with Gasteiger partial charge in [0.25, 0.3) is 0 Å². The molecule has 0 heterocycles. The molecule has 8 nitrogen and oxygen atoms in total. The van der Waals surface area contributed by atoms with Gasteiger partial charge in [0.05, 0.1) is 12.7 Å². The van der Waals surface area contributed by atoms with E-state index < -0.39 is 42.7 Å². The molecule has 7 atom stereocenters. The van der Waals surface area contributed by atoms with Crippen molar-refractivity contribution in [3.05, 3.63) is 23.8 Å². The number of aliphatic hydroxyl groups excluding tert-OH is 1. The van der Waals surface area contributed by atoms with E-state index in [0.717, 1.165) is 12.0 Å². The zero-order valence-electron chi connectivity index (χ0n) is 17.2. The smallest absolute Gasteiger partial charge is 0.393 e. The molecule has 3 fully saturated rings. The van der Waals surface area contributed by atoms with Crippen molar-refractivity contribution < 1.29 is 38.7 Å². The number of ketones is 2. The van der Waals surface area contributed by atoms with Crippen LogP contribution in [0.25, 0.3) is 0 Å². The third kappa shape index (κ3) is 3.29. The third-order valence-electron chi connectivity index (χ3n) is 8.17. The maximum absolute atomic E-state index is 13.4. The third-order valence-corrected chi connectivity index (χ3v) is 8.63. The van der Waals surface area contributed by atoms with E-state index in [0.29, 0.717) is 12.8 Å². The fourth-order valence-corrected chi connectivity index (χ4v) is 7.22. The predicted octanol–water partition coefficient (Wildman–Crippen LogP) is 1.67. The van der Waals surface area contributed by atoms with Crippen molar-refractivity contribution in [1.82, 2.24) is 0 Å². The monoisotopic (exact) mass is 440 g/mol. The summed E-state index contributed by atoms with van der Waals surface area (Å²) in [6.07, 6.45) is 6.47. The number of Topliss-reactive ketones (excluding diaryl/α,β-unsaturated/α-hetero) is 1. The molecule has 0 aromatic carbocycles. The second-order valence-corrected chi connectivity index (χ2v) is 11.1. The highest BCUT2D eigenvalue weighted by molar-refractivity contribution is 7.46. The fraction of sp³-hybridized carbons (Fsp3) is 0.714. The maximum Gasteiger partial charge on any atom is 0.469 e. The average Bonchev–Trinajstić information content (AvgIpc) is 2.64. The summed E-state index contributed by atoms with van der Waals surface area (Å²) in [4.78, 5) is 43.2. The largest absolute Gasteiger partial charge is 0.469 e. The molecule has 0 spiro atoms. The number of rotatable bonds is 3. The Morgan fingerprint density at radius 1 is 1.23 bits per heavy atom. The van der Waals surface area contributed by atoms with E-state index in [1.807, 2.05) is 13.0 Å². The summed E-state index contributed by atoms with van der Waals surface area (Å²) in [5.41, 5.74) is -2.43. The minimum absolute atomic E-state index is 0.0370. The molecule has 166 valence electrons. The van der Waals surface area contributed by atoms with Crippen molar-refractivity contribution in [3.8, 4) is 0 Å². The van der Waals surface area contributed by atoms with Gasteiger partial charge >= 0.3 is 7.82 Å². The van der Waals surface area contributed by atoms with Gasteiger partial charge in [-0.05, 0) is 56.1 Å². The minimum Gasteiger partial charge on any atom is -0.393 e. The summed E-state index contributed by atoms with van der Waals surface area (Å²) < 4.78 is 15.6. The van der Waals surface area contributed by atoms with Crippen molar-refractivity contribution in [3.63, 3.8) is 0 Å². The van der Waals surface area contributed by atoms with E-state index in [1.165, 1.54) is 0 Å². The van der Waals surface area contributed by atoms with Gasteiger partial charge in [0.15, 0.2) is 11.6 Å². The van der Waals surface area contributed by atoms with E-state index in [2.05, 4.69) is 4.52 Å².